The van der Waals surface area contributed by atoms with Crippen molar-refractivity contribution in [3.05, 3.63) is 169 Å². The van der Waals surface area contributed by atoms with Gasteiger partial charge < -0.3 is 93.1 Å². The van der Waals surface area contributed by atoms with E-state index in [9.17, 15) is 48.9 Å². The number of carbonyl (C=O) groups excluding carboxylic acids is 4. The fraction of sp³-hybridized carbons (Fsp3) is 0.542. The van der Waals surface area contributed by atoms with E-state index in [1.807, 2.05) is 116 Å². The number of carbonyl (C=O) groups is 5. The first-order valence-electron chi connectivity index (χ1n) is 39.1. The van der Waals surface area contributed by atoms with Gasteiger partial charge in [0.1, 0.15) is 64.5 Å². The number of hydrogen-bond acceptors (Lipinski definition) is 26. The molecule has 4 amide bonds. The molecular formula is C83H115BBr2ClFN13O19. The Labute approximate surface area is 723 Å². The van der Waals surface area contributed by atoms with Gasteiger partial charge in [-0.15, -0.1) is 12.4 Å². The summed E-state index contributed by atoms with van der Waals surface area (Å²) >= 11 is 6.86. The Hall–Kier alpha value is -9.16. The van der Waals surface area contributed by atoms with Gasteiger partial charge in [-0.3, -0.25) is 19.2 Å². The zero-order valence-electron chi connectivity index (χ0n) is 71.0. The maximum Gasteiger partial charge on any atom is 0.569 e. The van der Waals surface area contributed by atoms with E-state index in [0.717, 1.165) is 50.0 Å². The summed E-state index contributed by atoms with van der Waals surface area (Å²) in [6.07, 6.45) is 1.12. The van der Waals surface area contributed by atoms with E-state index in [0.29, 0.717) is 73.5 Å². The van der Waals surface area contributed by atoms with Crippen molar-refractivity contribution >= 4 is 93.1 Å². The summed E-state index contributed by atoms with van der Waals surface area (Å²) in [7, 11) is 3.70. The number of hydrogen-bond donors (Lipinski definition) is 8. The molecule has 0 spiro atoms. The number of ether oxygens (including phenoxy) is 2. The van der Waals surface area contributed by atoms with Crippen molar-refractivity contribution in [1.29, 1.82) is 5.26 Å². The number of aryl methyl sites for hydroxylation is 4. The summed E-state index contributed by atoms with van der Waals surface area (Å²) in [4.78, 5) is 75.7. The van der Waals surface area contributed by atoms with E-state index >= 15 is 0 Å². The highest BCUT2D eigenvalue weighted by molar-refractivity contribution is 9.10. The van der Waals surface area contributed by atoms with Crippen LogP contribution >= 0.6 is 44.3 Å². The molecule has 1 radical (unpaired) electrons. The zero-order valence-corrected chi connectivity index (χ0v) is 75.0. The molecule has 4 aromatic heterocycles. The predicted molar refractivity (Wildman–Crippen MR) is 451 cm³/mol. The number of nitriles is 1. The van der Waals surface area contributed by atoms with Crippen LogP contribution in [0.4, 0.5) is 4.39 Å². The van der Waals surface area contributed by atoms with Gasteiger partial charge in [0.25, 0.3) is 0 Å². The topological polar surface area (TPSA) is 461 Å². The number of oxime groups is 2. The number of β-amino-alcohol motifs (C(OH)–C–C–N with tert-alkyl or cyclic N) is 2. The molecule has 10 N–H and O–H groups in total. The lowest BCUT2D eigenvalue weighted by molar-refractivity contribution is -0.201. The minimum Gasteiger partial charge on any atom is -0.535 e. The quantitative estimate of drug-likeness (QED) is 0.00827. The predicted octanol–water partition coefficient (Wildman–Crippen LogP) is 12.5. The van der Waals surface area contributed by atoms with E-state index in [1.165, 1.54) is 21.9 Å². The molecule has 12 rings (SSSR count). The van der Waals surface area contributed by atoms with E-state index < -0.39 is 59.3 Å². The van der Waals surface area contributed by atoms with E-state index in [-0.39, 0.29) is 121 Å². The Bertz CT molecular complexity index is 4520. The average molecular weight is 1820 g/mol. The van der Waals surface area contributed by atoms with Gasteiger partial charge >= 0.3 is 13.7 Å². The highest BCUT2D eigenvalue weighted by Gasteiger charge is 2.49. The summed E-state index contributed by atoms with van der Waals surface area (Å²) in [5, 5.41) is 84.4. The van der Waals surface area contributed by atoms with Crippen LogP contribution in [0.25, 0.3) is 0 Å². The van der Waals surface area contributed by atoms with Crippen molar-refractivity contribution in [3.8, 4) is 11.8 Å². The van der Waals surface area contributed by atoms with Gasteiger partial charge in [-0.25, -0.2) is 15.1 Å². The Morgan fingerprint density at radius 2 is 1.01 bits per heavy atom. The number of methoxy groups -OCH3 is 2. The van der Waals surface area contributed by atoms with Gasteiger partial charge in [-0.2, -0.15) is 5.26 Å². The van der Waals surface area contributed by atoms with Crippen LogP contribution in [-0.4, -0.2) is 197 Å². The average Bonchev–Trinajstić information content (AvgIpc) is 1.62. The molecule has 5 aliphatic heterocycles. The van der Waals surface area contributed by atoms with Gasteiger partial charge in [0.15, 0.2) is 23.0 Å². The SMILES string of the molecule is COC(C)(OC)c1ccc(Br)cc1.Cc1cc(C(C(=O)N2C[C@H](C)C[C@H]2C#N)C(C)C)on1.Cc1cc(C(C(=O)N2C[C@H](C)C[C@H]2C2=NOC(C)(c3ccc(Br)cc3)C2)C(C)C)on1.Cc1cc(C(C(=O)N2C[C@H](O)C[C@H]2/C(N)=N/O)C(C)C)on1.Cc1cc(C(C(=O)N2C[C@H](O)C[C@H]2C(=O)O)C(C)C)on1.Cl.NO.O[B]Oc1ccccc1F. The van der Waals surface area contributed by atoms with Crippen LogP contribution < -0.4 is 16.3 Å². The molecule has 0 bridgehead atoms. The summed E-state index contributed by atoms with van der Waals surface area (Å²) in [5.74, 6) is 1.87. The molecule has 5 unspecified atom stereocenters. The van der Waals surface area contributed by atoms with Crippen molar-refractivity contribution < 1.29 is 96.2 Å². The largest absolute Gasteiger partial charge is 0.569 e. The monoisotopic (exact) mass is 1820 g/mol. The Kier molecular flexibility index (Phi) is 39.5. The Morgan fingerprint density at radius 1 is 0.625 bits per heavy atom. The van der Waals surface area contributed by atoms with Crippen LogP contribution in [0, 0.1) is 80.4 Å². The summed E-state index contributed by atoms with van der Waals surface area (Å²) in [5.41, 5.74) is 11.1. The molecule has 0 aliphatic carbocycles. The third-order valence-corrected chi connectivity index (χ3v) is 22.1. The second kappa shape index (κ2) is 46.7. The molecule has 13 atom stereocenters. The van der Waals surface area contributed by atoms with Gasteiger partial charge in [0, 0.05) is 98.4 Å². The number of carboxylic acids is 1. The number of nitrogens with zero attached hydrogens (tertiary/aromatic N) is 11. The molecule has 37 heteroatoms. The van der Waals surface area contributed by atoms with Crippen molar-refractivity contribution in [2.75, 3.05) is 40.4 Å². The number of aromatic nitrogens is 4. The minimum absolute atomic E-state index is 0. The number of amidine groups is 1. The summed E-state index contributed by atoms with van der Waals surface area (Å²) in [6.45, 7) is 32.6. The van der Waals surface area contributed by atoms with Crippen LogP contribution in [0.2, 0.25) is 0 Å². The highest BCUT2D eigenvalue weighted by Crippen LogP contribution is 2.42. The highest BCUT2D eigenvalue weighted by atomic mass is 79.9. The molecule has 4 fully saturated rings. The van der Waals surface area contributed by atoms with Crippen LogP contribution in [-0.2, 0) is 49.7 Å². The number of nitrogens with two attached hydrogens (primary N) is 2. The number of carboxylic acid groups (broad SMARTS) is 1. The van der Waals surface area contributed by atoms with Gasteiger partial charge in [0.05, 0.1) is 58.8 Å². The van der Waals surface area contributed by atoms with Gasteiger partial charge in [0.2, 0.25) is 23.6 Å². The third-order valence-electron chi connectivity index (χ3n) is 21.0. The van der Waals surface area contributed by atoms with Crippen LogP contribution in [0.1, 0.15) is 196 Å². The van der Waals surface area contributed by atoms with E-state index in [1.54, 1.807) is 57.2 Å². The van der Waals surface area contributed by atoms with E-state index in [4.69, 9.17) is 53.6 Å². The first-order chi connectivity index (χ1) is 56.2. The van der Waals surface area contributed by atoms with Gasteiger partial charge in [-0.05, 0) is 132 Å². The molecule has 657 valence electrons. The lowest BCUT2D eigenvalue weighted by Crippen LogP contribution is -2.46. The van der Waals surface area contributed by atoms with Crippen LogP contribution in [0.15, 0.2) is 134 Å². The Balaban J connectivity index is 0.000000262. The van der Waals surface area contributed by atoms with Gasteiger partial charge in [-0.1, -0.05) is 168 Å². The first kappa shape index (κ1) is 101. The number of halogens is 4. The maximum atomic E-state index is 13.7. The first-order valence-corrected chi connectivity index (χ1v) is 40.7. The molecular weight excluding hydrogens is 1710 g/mol. The molecule has 5 aliphatic rings. The Morgan fingerprint density at radius 3 is 1.38 bits per heavy atom. The van der Waals surface area contributed by atoms with Crippen molar-refractivity contribution in [3.63, 3.8) is 0 Å². The van der Waals surface area contributed by atoms with E-state index in [2.05, 4.69) is 126 Å². The molecule has 3 aromatic carbocycles. The lowest BCUT2D eigenvalue weighted by Gasteiger charge is -2.30. The fourth-order valence-corrected chi connectivity index (χ4v) is 15.4. The number of para-hydroxylation sites is 1. The zero-order chi connectivity index (χ0) is 88.7. The van der Waals surface area contributed by atoms with Crippen molar-refractivity contribution in [2.45, 2.75) is 214 Å². The number of rotatable bonds is 21. The summed E-state index contributed by atoms with van der Waals surface area (Å²) in [6, 6.07) is 29.2. The second-order valence-corrected chi connectivity index (χ2v) is 33.8. The van der Waals surface area contributed by atoms with Crippen molar-refractivity contribution in [1.82, 2.24) is 40.2 Å². The number of benzene rings is 3. The maximum absolute atomic E-state index is 13.7. The smallest absolute Gasteiger partial charge is 0.535 e. The third kappa shape index (κ3) is 26.7. The fourth-order valence-electron chi connectivity index (χ4n) is 14.9. The number of aliphatic hydroxyl groups excluding tert-OH is 2. The molecule has 32 nitrogen and oxygen atoms in total. The molecule has 9 heterocycles. The van der Waals surface area contributed by atoms with Crippen molar-refractivity contribution in [2.24, 2.45) is 57.4 Å². The standard InChI is InChI=1S/C24H30BrN3O3.C15H21N3O2.C14H22N4O4.C14H20N2O5.C10H13BrO2.C6H5BFO2.ClH.H3NO/c1-14(2)22(21-11-16(4)26-30-21)23(29)28-13-15(3)10-20(28)19-12-24(5,31-27-19)17-6-8-18(25)9-7-17;1-9(2)14(13-6-11(4)17-20-13)15(19)18-8-10(3)5-12(18)7-16;1-7(2)12(11-4-8(3)17-22-11)14(20)18-6-9(19)5-10(18)13(15)16-21;1-7(2)12(11-4-8(3)15-21-11)13(18)16-6-9(17)5-10(16)14(19)20;1-10(12-2,13-3)8-4-6-9(11)7-5-8;8-5-3-1-2-4-6(5)10-7-9;;1-2/h6-9,11,14-15,20,22H,10,12-13H2,1-5H3;6,9-10,12,14H,5,8H2,1-4H3;4,7,9-10,12,19,21H,5-6H2,1-3H3,(H2,15,16);4,7,9-10,12,17H,5-6H2,1-3H3,(H,19,20);4-7H,1-3H3;1-4,9H;1H;2H,1H2/t15-,20+,22?,24?;10-,12+,14?;2*9-,10+,12?;;;;/m1111..../s1. The molecule has 120 heavy (non-hydrogen) atoms. The summed E-state index contributed by atoms with van der Waals surface area (Å²) < 4.78 is 50.8. The minimum atomic E-state index is -1.10. The van der Waals surface area contributed by atoms with Crippen LogP contribution in [0.5, 0.6) is 5.75 Å². The van der Waals surface area contributed by atoms with Crippen LogP contribution in [0.3, 0.4) is 0 Å². The number of amides is 4. The molecule has 0 saturated carbocycles. The second-order valence-electron chi connectivity index (χ2n) is 32.0. The normalized spacial score (nSPS) is 21.5. The molecule has 4 saturated heterocycles. The number of aliphatic hydroxyl groups is 2. The molecule has 7 aromatic rings. The lowest BCUT2D eigenvalue weighted by atomic mass is 9.87. The number of aliphatic carboxylic acids is 1. The number of likely N-dealkylation sites (tertiary alicyclic amines) is 4.